The molecule has 0 saturated carbocycles. The minimum absolute atomic E-state index is 0.0481. The Morgan fingerprint density at radius 1 is 1.36 bits per heavy atom. The maximum absolute atomic E-state index is 10.9. The fourth-order valence-electron chi connectivity index (χ4n) is 3.09. The van der Waals surface area contributed by atoms with E-state index in [1.54, 1.807) is 6.92 Å². The highest BCUT2D eigenvalue weighted by molar-refractivity contribution is 6.31. The molecule has 1 amide bonds. The van der Waals surface area contributed by atoms with Crippen molar-refractivity contribution < 1.29 is 4.79 Å². The molecular formula is C18H27ClN2O. The molecule has 22 heavy (non-hydrogen) atoms. The first-order chi connectivity index (χ1) is 10.5. The summed E-state index contributed by atoms with van der Waals surface area (Å²) >= 11 is 6.50. The Morgan fingerprint density at radius 3 is 2.59 bits per heavy atom. The zero-order valence-corrected chi connectivity index (χ0v) is 14.6. The molecule has 1 N–H and O–H groups in total. The van der Waals surface area contributed by atoms with Crippen molar-refractivity contribution in [3.8, 4) is 0 Å². The molecule has 0 aliphatic carbocycles. The van der Waals surface area contributed by atoms with Gasteiger partial charge in [-0.05, 0) is 55.0 Å². The van der Waals surface area contributed by atoms with Gasteiger partial charge in [-0.2, -0.15) is 0 Å². The lowest BCUT2D eigenvalue weighted by Crippen LogP contribution is -2.38. The molecule has 1 aliphatic rings. The first-order valence-electron chi connectivity index (χ1n) is 8.23. The molecule has 1 aliphatic heterocycles. The Morgan fingerprint density at radius 2 is 2.05 bits per heavy atom. The first kappa shape index (κ1) is 17.3. The van der Waals surface area contributed by atoms with E-state index in [2.05, 4.69) is 42.3 Å². The second kappa shape index (κ2) is 7.98. The maximum Gasteiger partial charge on any atom is 0.216 e. The Hall–Kier alpha value is -1.06. The largest absolute Gasteiger partial charge is 0.355 e. The third kappa shape index (κ3) is 4.72. The van der Waals surface area contributed by atoms with Gasteiger partial charge >= 0.3 is 0 Å². The van der Waals surface area contributed by atoms with Crippen molar-refractivity contribution >= 4 is 17.5 Å². The molecule has 1 heterocycles. The summed E-state index contributed by atoms with van der Waals surface area (Å²) in [5.41, 5.74) is 2.61. The van der Waals surface area contributed by atoms with E-state index in [0.717, 1.165) is 44.0 Å². The number of likely N-dealkylation sites (tertiary alicyclic amines) is 1. The zero-order valence-electron chi connectivity index (χ0n) is 13.9. The number of hydrogen-bond acceptors (Lipinski definition) is 2. The number of hydrogen-bond donors (Lipinski definition) is 1. The summed E-state index contributed by atoms with van der Waals surface area (Å²) in [5, 5.41) is 3.78. The summed E-state index contributed by atoms with van der Waals surface area (Å²) in [6.45, 7) is 9.78. The maximum atomic E-state index is 10.9. The predicted molar refractivity (Wildman–Crippen MR) is 92.6 cm³/mol. The van der Waals surface area contributed by atoms with E-state index in [9.17, 15) is 4.79 Å². The average Bonchev–Trinajstić information content (AvgIpc) is 2.47. The van der Waals surface area contributed by atoms with E-state index in [0.29, 0.717) is 11.8 Å². The van der Waals surface area contributed by atoms with Gasteiger partial charge in [0, 0.05) is 25.0 Å². The number of amides is 1. The monoisotopic (exact) mass is 322 g/mol. The predicted octanol–water partition coefficient (Wildman–Crippen LogP) is 3.78. The Labute approximate surface area is 139 Å². The van der Waals surface area contributed by atoms with Crippen molar-refractivity contribution in [3.05, 3.63) is 34.3 Å². The van der Waals surface area contributed by atoms with Crippen LogP contribution in [0.5, 0.6) is 0 Å². The second-order valence-electron chi connectivity index (χ2n) is 6.53. The van der Waals surface area contributed by atoms with Crippen LogP contribution in [-0.4, -0.2) is 37.0 Å². The Balaban J connectivity index is 1.87. The first-order valence-corrected chi connectivity index (χ1v) is 8.61. The van der Waals surface area contributed by atoms with E-state index in [-0.39, 0.29) is 5.91 Å². The zero-order chi connectivity index (χ0) is 16.1. The molecule has 1 fully saturated rings. The van der Waals surface area contributed by atoms with Crippen molar-refractivity contribution in [2.24, 2.45) is 0 Å². The third-order valence-corrected chi connectivity index (χ3v) is 4.85. The van der Waals surface area contributed by atoms with Gasteiger partial charge in [-0.25, -0.2) is 0 Å². The molecule has 1 saturated heterocycles. The minimum atomic E-state index is 0.0481. The van der Waals surface area contributed by atoms with Crippen LogP contribution in [0.15, 0.2) is 18.2 Å². The van der Waals surface area contributed by atoms with Gasteiger partial charge in [-0.1, -0.05) is 37.6 Å². The SMILES string of the molecule is CC(=O)NCCN1CCC(c2ccc(C(C)C)cc2Cl)CC1. The molecule has 4 heteroatoms. The van der Waals surface area contributed by atoms with E-state index >= 15 is 0 Å². The number of rotatable bonds is 5. The molecule has 0 bridgehead atoms. The Kier molecular flexibility index (Phi) is 6.27. The van der Waals surface area contributed by atoms with Crippen LogP contribution in [0, 0.1) is 0 Å². The number of benzene rings is 1. The molecule has 0 unspecified atom stereocenters. The van der Waals surface area contributed by atoms with E-state index in [1.165, 1.54) is 11.1 Å². The Bertz CT molecular complexity index is 508. The van der Waals surface area contributed by atoms with Crippen molar-refractivity contribution in [2.75, 3.05) is 26.2 Å². The van der Waals surface area contributed by atoms with Gasteiger partial charge in [-0.3, -0.25) is 4.79 Å². The van der Waals surface area contributed by atoms with Gasteiger partial charge in [0.15, 0.2) is 0 Å². The third-order valence-electron chi connectivity index (χ3n) is 4.52. The lowest BCUT2D eigenvalue weighted by atomic mass is 9.88. The average molecular weight is 323 g/mol. The number of halogens is 1. The molecule has 0 aromatic heterocycles. The summed E-state index contributed by atoms with van der Waals surface area (Å²) in [6.07, 6.45) is 2.28. The molecule has 0 spiro atoms. The topological polar surface area (TPSA) is 32.3 Å². The van der Waals surface area contributed by atoms with Crippen LogP contribution < -0.4 is 5.32 Å². The van der Waals surface area contributed by atoms with Crippen molar-refractivity contribution in [1.29, 1.82) is 0 Å². The molecule has 2 rings (SSSR count). The lowest BCUT2D eigenvalue weighted by molar-refractivity contribution is -0.119. The molecule has 0 atom stereocenters. The summed E-state index contributed by atoms with van der Waals surface area (Å²) in [6, 6.07) is 6.56. The van der Waals surface area contributed by atoms with E-state index in [4.69, 9.17) is 11.6 Å². The van der Waals surface area contributed by atoms with Crippen LogP contribution in [0.1, 0.15) is 56.6 Å². The molecular weight excluding hydrogens is 296 g/mol. The summed E-state index contributed by atoms with van der Waals surface area (Å²) < 4.78 is 0. The fourth-order valence-corrected chi connectivity index (χ4v) is 3.43. The molecule has 3 nitrogen and oxygen atoms in total. The molecule has 1 aromatic rings. The minimum Gasteiger partial charge on any atom is -0.355 e. The van der Waals surface area contributed by atoms with Crippen LogP contribution in [-0.2, 0) is 4.79 Å². The van der Waals surface area contributed by atoms with Gasteiger partial charge in [0.05, 0.1) is 0 Å². The number of carbonyl (C=O) groups is 1. The van der Waals surface area contributed by atoms with Gasteiger partial charge in [0.2, 0.25) is 5.91 Å². The van der Waals surface area contributed by atoms with Crippen molar-refractivity contribution in [1.82, 2.24) is 10.2 Å². The normalized spacial score (nSPS) is 17.0. The molecule has 0 radical (unpaired) electrons. The quantitative estimate of drug-likeness (QED) is 0.894. The van der Waals surface area contributed by atoms with Gasteiger partial charge in [0.1, 0.15) is 0 Å². The van der Waals surface area contributed by atoms with Gasteiger partial charge in [0.25, 0.3) is 0 Å². The fraction of sp³-hybridized carbons (Fsp3) is 0.611. The van der Waals surface area contributed by atoms with Crippen molar-refractivity contribution in [2.45, 2.75) is 45.4 Å². The second-order valence-corrected chi connectivity index (χ2v) is 6.94. The highest BCUT2D eigenvalue weighted by Gasteiger charge is 2.22. The summed E-state index contributed by atoms with van der Waals surface area (Å²) in [4.78, 5) is 13.3. The standard InChI is InChI=1S/C18H27ClN2O/c1-13(2)16-4-5-17(18(19)12-16)15-6-9-21(10-7-15)11-8-20-14(3)22/h4-5,12-13,15H,6-11H2,1-3H3,(H,20,22). The summed E-state index contributed by atoms with van der Waals surface area (Å²) in [7, 11) is 0. The van der Waals surface area contributed by atoms with Crippen LogP contribution in [0.25, 0.3) is 0 Å². The highest BCUT2D eigenvalue weighted by atomic mass is 35.5. The van der Waals surface area contributed by atoms with Crippen LogP contribution in [0.3, 0.4) is 0 Å². The van der Waals surface area contributed by atoms with Crippen LogP contribution >= 0.6 is 11.6 Å². The van der Waals surface area contributed by atoms with E-state index in [1.807, 2.05) is 0 Å². The highest BCUT2D eigenvalue weighted by Crippen LogP contribution is 2.34. The number of carbonyl (C=O) groups excluding carboxylic acids is 1. The number of nitrogens with zero attached hydrogens (tertiary/aromatic N) is 1. The van der Waals surface area contributed by atoms with Gasteiger partial charge in [-0.15, -0.1) is 0 Å². The number of piperidine rings is 1. The van der Waals surface area contributed by atoms with Crippen LogP contribution in [0.2, 0.25) is 5.02 Å². The lowest BCUT2D eigenvalue weighted by Gasteiger charge is -2.32. The molecule has 122 valence electrons. The smallest absolute Gasteiger partial charge is 0.216 e. The summed E-state index contributed by atoms with van der Waals surface area (Å²) in [5.74, 6) is 1.12. The van der Waals surface area contributed by atoms with Crippen molar-refractivity contribution in [3.63, 3.8) is 0 Å². The molecule has 1 aromatic carbocycles. The van der Waals surface area contributed by atoms with Crippen LogP contribution in [0.4, 0.5) is 0 Å². The number of nitrogens with one attached hydrogen (secondary N) is 1. The van der Waals surface area contributed by atoms with Gasteiger partial charge < -0.3 is 10.2 Å². The van der Waals surface area contributed by atoms with E-state index < -0.39 is 0 Å².